The van der Waals surface area contributed by atoms with Crippen molar-refractivity contribution in [2.24, 2.45) is 5.92 Å². The lowest BCUT2D eigenvalue weighted by Crippen LogP contribution is -2.29. The molecular weight excluding hydrogens is 583 g/mol. The molecule has 1 unspecified atom stereocenters. The molecule has 2 heterocycles. The summed E-state index contributed by atoms with van der Waals surface area (Å²) < 4.78 is 12.3. The Morgan fingerprint density at radius 3 is 2.47 bits per heavy atom. The maximum atomic E-state index is 13.6. The molecule has 0 aliphatic carbocycles. The average Bonchev–Trinajstić information content (AvgIpc) is 3.58. The number of methoxy groups -OCH3 is 1. The van der Waals surface area contributed by atoms with Gasteiger partial charge in [0, 0.05) is 11.3 Å². The Labute approximate surface area is 259 Å². The SMILES string of the molecule is COc1cc(C2/C(=C(/O)c3ccc(C)cc3)C(=O)C(=O)N2c2nnc(SCc3ccccc3)s2)ccc1OCCC(C)C. The second-order valence-electron chi connectivity index (χ2n) is 10.6. The van der Waals surface area contributed by atoms with Crippen LogP contribution in [-0.4, -0.2) is 40.7 Å². The second-order valence-corrected chi connectivity index (χ2v) is 12.8. The number of benzene rings is 3. The van der Waals surface area contributed by atoms with Crippen LogP contribution >= 0.6 is 23.1 Å². The zero-order valence-electron chi connectivity index (χ0n) is 24.4. The minimum atomic E-state index is -0.958. The molecule has 0 radical (unpaired) electrons. The molecule has 222 valence electrons. The molecule has 1 amide bonds. The molecule has 1 aliphatic rings. The number of aliphatic hydroxyl groups is 1. The maximum Gasteiger partial charge on any atom is 0.301 e. The lowest BCUT2D eigenvalue weighted by Gasteiger charge is -2.23. The van der Waals surface area contributed by atoms with Gasteiger partial charge in [0.25, 0.3) is 5.78 Å². The van der Waals surface area contributed by atoms with Gasteiger partial charge in [0.1, 0.15) is 5.76 Å². The van der Waals surface area contributed by atoms with Crippen LogP contribution in [-0.2, 0) is 15.3 Å². The molecule has 10 heteroatoms. The molecular formula is C33H33N3O5S2. The first kappa shape index (κ1) is 30.3. The van der Waals surface area contributed by atoms with E-state index in [-0.39, 0.29) is 16.5 Å². The largest absolute Gasteiger partial charge is 0.507 e. The first-order valence-electron chi connectivity index (χ1n) is 14.0. The summed E-state index contributed by atoms with van der Waals surface area (Å²) in [5.41, 5.74) is 3.10. The van der Waals surface area contributed by atoms with Crippen molar-refractivity contribution in [1.82, 2.24) is 10.2 Å². The van der Waals surface area contributed by atoms with E-state index < -0.39 is 17.7 Å². The zero-order valence-corrected chi connectivity index (χ0v) is 26.1. The third kappa shape index (κ3) is 6.76. The van der Waals surface area contributed by atoms with Crippen LogP contribution < -0.4 is 14.4 Å². The fraction of sp³-hybridized carbons (Fsp3) is 0.273. The van der Waals surface area contributed by atoms with Crippen LogP contribution in [0.2, 0.25) is 0 Å². The molecule has 0 bridgehead atoms. The Bertz CT molecular complexity index is 1630. The molecule has 1 fully saturated rings. The van der Waals surface area contributed by atoms with Gasteiger partial charge in [0.15, 0.2) is 15.8 Å². The quantitative estimate of drug-likeness (QED) is 0.0622. The molecule has 3 aromatic carbocycles. The van der Waals surface area contributed by atoms with Gasteiger partial charge in [-0.05, 0) is 42.5 Å². The number of ether oxygens (including phenoxy) is 2. The van der Waals surface area contributed by atoms with Crippen molar-refractivity contribution in [3.8, 4) is 11.5 Å². The molecule has 1 saturated heterocycles. The van der Waals surface area contributed by atoms with E-state index in [1.165, 1.54) is 28.0 Å². The summed E-state index contributed by atoms with van der Waals surface area (Å²) in [4.78, 5) is 28.5. The van der Waals surface area contributed by atoms with E-state index in [0.717, 1.165) is 17.5 Å². The van der Waals surface area contributed by atoms with Gasteiger partial charge in [0.2, 0.25) is 5.13 Å². The van der Waals surface area contributed by atoms with Gasteiger partial charge in [-0.15, -0.1) is 10.2 Å². The van der Waals surface area contributed by atoms with Crippen molar-refractivity contribution in [1.29, 1.82) is 0 Å². The number of hydrogen-bond donors (Lipinski definition) is 1. The molecule has 8 nitrogen and oxygen atoms in total. The van der Waals surface area contributed by atoms with Gasteiger partial charge < -0.3 is 14.6 Å². The third-order valence-electron chi connectivity index (χ3n) is 7.03. The van der Waals surface area contributed by atoms with Crippen molar-refractivity contribution in [3.05, 3.63) is 101 Å². The van der Waals surface area contributed by atoms with Crippen molar-refractivity contribution >= 4 is 45.7 Å². The Morgan fingerprint density at radius 1 is 1.02 bits per heavy atom. The number of rotatable bonds is 11. The fourth-order valence-corrected chi connectivity index (χ4v) is 6.49. The lowest BCUT2D eigenvalue weighted by molar-refractivity contribution is -0.132. The molecule has 1 atom stereocenters. The molecule has 1 aromatic heterocycles. The maximum absolute atomic E-state index is 13.6. The summed E-state index contributed by atoms with van der Waals surface area (Å²) in [5.74, 6) is 0.329. The molecule has 43 heavy (non-hydrogen) atoms. The van der Waals surface area contributed by atoms with Crippen LogP contribution in [0, 0.1) is 12.8 Å². The highest BCUT2D eigenvalue weighted by molar-refractivity contribution is 8.00. The van der Waals surface area contributed by atoms with Gasteiger partial charge in [0.05, 0.1) is 25.3 Å². The normalized spacial score (nSPS) is 16.2. The number of Topliss-reactive ketones (excluding diaryl/α,β-unsaturated/α-hetero) is 1. The average molecular weight is 616 g/mol. The first-order valence-corrected chi connectivity index (χ1v) is 15.8. The van der Waals surface area contributed by atoms with E-state index in [1.807, 2.05) is 49.4 Å². The number of nitrogens with zero attached hydrogens (tertiary/aromatic N) is 3. The topological polar surface area (TPSA) is 102 Å². The highest BCUT2D eigenvalue weighted by Crippen LogP contribution is 2.45. The number of thioether (sulfide) groups is 1. The number of anilines is 1. The molecule has 0 spiro atoms. The van der Waals surface area contributed by atoms with Crippen LogP contribution in [0.4, 0.5) is 5.13 Å². The second kappa shape index (κ2) is 13.4. The highest BCUT2D eigenvalue weighted by Gasteiger charge is 2.48. The van der Waals surface area contributed by atoms with Crippen LogP contribution in [0.3, 0.4) is 0 Å². The van der Waals surface area contributed by atoms with Crippen molar-refractivity contribution < 1.29 is 24.2 Å². The molecule has 1 aliphatic heterocycles. The lowest BCUT2D eigenvalue weighted by atomic mass is 9.95. The summed E-state index contributed by atoms with van der Waals surface area (Å²) in [6.07, 6.45) is 0.878. The monoisotopic (exact) mass is 615 g/mol. The van der Waals surface area contributed by atoms with Crippen LogP contribution in [0.5, 0.6) is 11.5 Å². The predicted molar refractivity (Wildman–Crippen MR) is 170 cm³/mol. The van der Waals surface area contributed by atoms with Crippen molar-refractivity contribution in [3.63, 3.8) is 0 Å². The standard InChI is InChI=1S/C33H33N3O5S2/c1-20(2)16-17-41-25-15-14-24(18-26(25)40-4)28-27(29(37)23-12-10-21(3)11-13-23)30(38)31(39)36(28)32-34-35-33(43-32)42-19-22-8-6-5-7-9-22/h5-15,18,20,28,37H,16-17,19H2,1-4H3/b29-27-. The summed E-state index contributed by atoms with van der Waals surface area (Å²) in [7, 11) is 1.54. The first-order chi connectivity index (χ1) is 20.8. The van der Waals surface area contributed by atoms with Crippen LogP contribution in [0.15, 0.2) is 82.7 Å². The van der Waals surface area contributed by atoms with Crippen LogP contribution in [0.1, 0.15) is 48.6 Å². The number of ketones is 1. The van der Waals surface area contributed by atoms with E-state index >= 15 is 0 Å². The number of aryl methyl sites for hydroxylation is 1. The Balaban J connectivity index is 1.55. The van der Waals surface area contributed by atoms with E-state index in [0.29, 0.717) is 45.2 Å². The fourth-order valence-electron chi connectivity index (χ4n) is 4.67. The van der Waals surface area contributed by atoms with Gasteiger partial charge in [-0.2, -0.15) is 0 Å². The summed E-state index contributed by atoms with van der Waals surface area (Å²) >= 11 is 2.72. The number of carbonyl (C=O) groups is 2. The van der Waals surface area contributed by atoms with Gasteiger partial charge >= 0.3 is 5.91 Å². The highest BCUT2D eigenvalue weighted by atomic mass is 32.2. The van der Waals surface area contributed by atoms with Crippen molar-refractivity contribution in [2.75, 3.05) is 18.6 Å². The zero-order chi connectivity index (χ0) is 30.5. The Morgan fingerprint density at radius 2 is 1.77 bits per heavy atom. The molecule has 5 rings (SSSR count). The molecule has 1 N–H and O–H groups in total. The minimum absolute atomic E-state index is 0.0296. The number of aromatic nitrogens is 2. The molecule has 4 aromatic rings. The summed E-state index contributed by atoms with van der Waals surface area (Å²) in [6, 6.07) is 21.4. The van der Waals surface area contributed by atoms with E-state index in [9.17, 15) is 14.7 Å². The smallest absolute Gasteiger partial charge is 0.301 e. The summed E-state index contributed by atoms with van der Waals surface area (Å²) in [5, 5.41) is 20.3. The summed E-state index contributed by atoms with van der Waals surface area (Å²) in [6.45, 7) is 6.70. The van der Waals surface area contributed by atoms with E-state index in [1.54, 1.807) is 37.4 Å². The number of carbonyl (C=O) groups excluding carboxylic acids is 2. The van der Waals surface area contributed by atoms with Crippen molar-refractivity contribution in [2.45, 2.75) is 43.3 Å². The van der Waals surface area contributed by atoms with Gasteiger partial charge in [-0.3, -0.25) is 14.5 Å². The Kier molecular flexibility index (Phi) is 9.47. The number of amides is 1. The number of aliphatic hydroxyl groups excluding tert-OH is 1. The number of hydrogen-bond acceptors (Lipinski definition) is 9. The van der Waals surface area contributed by atoms with Gasteiger partial charge in [-0.1, -0.05) is 103 Å². The van der Waals surface area contributed by atoms with Gasteiger partial charge in [-0.25, -0.2) is 0 Å². The predicted octanol–water partition coefficient (Wildman–Crippen LogP) is 7.20. The third-order valence-corrected chi connectivity index (χ3v) is 9.16. The minimum Gasteiger partial charge on any atom is -0.507 e. The molecule has 0 saturated carbocycles. The van der Waals surface area contributed by atoms with E-state index in [4.69, 9.17) is 9.47 Å². The van der Waals surface area contributed by atoms with Crippen LogP contribution in [0.25, 0.3) is 5.76 Å². The van der Waals surface area contributed by atoms with E-state index in [2.05, 4.69) is 24.0 Å². The Hall–Kier alpha value is -4.15.